The normalized spacial score (nSPS) is 12.9. The maximum atomic E-state index is 12.5. The molecular weight excluding hydrogens is 297 g/mol. The van der Waals surface area contributed by atoms with Crippen LogP contribution >= 0.6 is 15.9 Å². The highest BCUT2D eigenvalue weighted by Crippen LogP contribution is 2.38. The zero-order valence-corrected chi connectivity index (χ0v) is 9.87. The van der Waals surface area contributed by atoms with Crippen molar-refractivity contribution in [2.45, 2.75) is 11.1 Å². The summed E-state index contributed by atoms with van der Waals surface area (Å²) in [7, 11) is -3.89. The van der Waals surface area contributed by atoms with Gasteiger partial charge in [-0.25, -0.2) is 8.42 Å². The molecule has 1 aromatic rings. The van der Waals surface area contributed by atoms with E-state index >= 15 is 0 Å². The van der Waals surface area contributed by atoms with Crippen molar-refractivity contribution in [1.82, 2.24) is 0 Å². The van der Waals surface area contributed by atoms with Gasteiger partial charge in [-0.1, -0.05) is 22.0 Å². The first kappa shape index (κ1) is 12.5. The van der Waals surface area contributed by atoms with Crippen molar-refractivity contribution >= 4 is 25.8 Å². The van der Waals surface area contributed by atoms with Crippen LogP contribution in [-0.4, -0.2) is 14.7 Å². The van der Waals surface area contributed by atoms with Crippen LogP contribution in [0.1, 0.15) is 5.56 Å². The summed E-state index contributed by atoms with van der Waals surface area (Å²) in [4.78, 5) is -0.718. The third-order valence-corrected chi connectivity index (χ3v) is 3.46. The van der Waals surface area contributed by atoms with E-state index in [1.54, 1.807) is 0 Å². The lowest BCUT2D eigenvalue weighted by Gasteiger charge is -2.12. The molecule has 0 N–H and O–H groups in total. The Kier molecular flexibility index (Phi) is 3.16. The predicted octanol–water partition coefficient (Wildman–Crippen LogP) is 2.87. The van der Waals surface area contributed by atoms with Crippen molar-refractivity contribution in [3.05, 3.63) is 28.2 Å². The Labute approximate surface area is 93.2 Å². The highest BCUT2D eigenvalue weighted by molar-refractivity contribution is 9.10. The molecule has 0 amide bonds. The van der Waals surface area contributed by atoms with Crippen LogP contribution in [0, 0.1) is 0 Å². The molecule has 0 saturated carbocycles. The van der Waals surface area contributed by atoms with Crippen LogP contribution in [0.15, 0.2) is 27.6 Å². The Morgan fingerprint density at radius 1 is 1.27 bits per heavy atom. The summed E-state index contributed by atoms with van der Waals surface area (Å²) >= 11 is 2.69. The van der Waals surface area contributed by atoms with E-state index in [2.05, 4.69) is 15.9 Å². The number of alkyl halides is 3. The molecule has 0 radical (unpaired) electrons. The lowest BCUT2D eigenvalue weighted by molar-refractivity contribution is -0.140. The van der Waals surface area contributed by atoms with Gasteiger partial charge in [-0.15, -0.1) is 0 Å². The number of hydrogen-bond acceptors (Lipinski definition) is 2. The van der Waals surface area contributed by atoms with Gasteiger partial charge in [0.2, 0.25) is 0 Å². The lowest BCUT2D eigenvalue weighted by atomic mass is 10.2. The predicted molar refractivity (Wildman–Crippen MR) is 52.3 cm³/mol. The molecule has 0 aliphatic carbocycles. The summed E-state index contributed by atoms with van der Waals surface area (Å²) in [6.45, 7) is 0. The minimum absolute atomic E-state index is 0.280. The van der Waals surface area contributed by atoms with E-state index in [1.807, 2.05) is 0 Å². The van der Waals surface area contributed by atoms with Crippen molar-refractivity contribution < 1.29 is 21.6 Å². The van der Waals surface area contributed by atoms with E-state index < -0.39 is 26.5 Å². The van der Waals surface area contributed by atoms with Crippen LogP contribution in [-0.2, 0) is 16.0 Å². The first-order chi connectivity index (χ1) is 6.64. The topological polar surface area (TPSA) is 34.1 Å². The SMILES string of the molecule is CS(=O)(=O)c1cccc(Br)c1C(F)(F)F. The molecule has 1 rings (SSSR count). The second-order valence-corrected chi connectivity index (χ2v) is 5.72. The average Bonchev–Trinajstić information content (AvgIpc) is 1.99. The van der Waals surface area contributed by atoms with Crippen molar-refractivity contribution in [2.75, 3.05) is 6.26 Å². The largest absolute Gasteiger partial charge is 0.418 e. The number of halogens is 4. The second kappa shape index (κ2) is 3.79. The Hall–Kier alpha value is -0.560. The first-order valence-corrected chi connectivity index (χ1v) is 6.38. The zero-order chi connectivity index (χ0) is 11.9. The quantitative estimate of drug-likeness (QED) is 0.799. The van der Waals surface area contributed by atoms with Crippen LogP contribution in [0.2, 0.25) is 0 Å². The number of rotatable bonds is 1. The van der Waals surface area contributed by atoms with E-state index in [-0.39, 0.29) is 4.47 Å². The minimum Gasteiger partial charge on any atom is -0.224 e. The van der Waals surface area contributed by atoms with Gasteiger partial charge in [-0.3, -0.25) is 0 Å². The highest BCUT2D eigenvalue weighted by atomic mass is 79.9. The number of hydrogen-bond donors (Lipinski definition) is 0. The molecule has 0 spiro atoms. The fourth-order valence-corrected chi connectivity index (χ4v) is 2.73. The Balaban J connectivity index is 3.63. The minimum atomic E-state index is -4.70. The second-order valence-electron chi connectivity index (χ2n) is 2.88. The van der Waals surface area contributed by atoms with Crippen molar-refractivity contribution in [1.29, 1.82) is 0 Å². The Morgan fingerprint density at radius 3 is 2.13 bits per heavy atom. The van der Waals surface area contributed by atoms with Gasteiger partial charge in [0.05, 0.1) is 10.5 Å². The van der Waals surface area contributed by atoms with Crippen molar-refractivity contribution in [2.24, 2.45) is 0 Å². The molecule has 0 fully saturated rings. The van der Waals surface area contributed by atoms with Gasteiger partial charge in [-0.2, -0.15) is 13.2 Å². The highest BCUT2D eigenvalue weighted by Gasteiger charge is 2.38. The molecule has 0 bridgehead atoms. The molecule has 0 heterocycles. The Bertz CT molecular complexity index is 479. The summed E-state index contributed by atoms with van der Waals surface area (Å²) in [5, 5.41) is 0. The number of sulfone groups is 1. The summed E-state index contributed by atoms with van der Waals surface area (Å²) in [6, 6.07) is 3.33. The molecule has 0 unspecified atom stereocenters. The maximum Gasteiger partial charge on any atom is 0.418 e. The van der Waals surface area contributed by atoms with E-state index in [1.165, 1.54) is 6.07 Å². The van der Waals surface area contributed by atoms with Crippen LogP contribution in [0.3, 0.4) is 0 Å². The van der Waals surface area contributed by atoms with Gasteiger partial charge < -0.3 is 0 Å². The van der Waals surface area contributed by atoms with Gasteiger partial charge in [0.25, 0.3) is 0 Å². The Morgan fingerprint density at radius 2 is 1.80 bits per heavy atom. The molecule has 1 aromatic carbocycles. The summed E-state index contributed by atoms with van der Waals surface area (Å²) in [6.07, 6.45) is -3.96. The summed E-state index contributed by atoms with van der Waals surface area (Å²) in [5.41, 5.74) is -1.16. The maximum absolute atomic E-state index is 12.5. The van der Waals surface area contributed by atoms with Crippen LogP contribution in [0.5, 0.6) is 0 Å². The fraction of sp³-hybridized carbons (Fsp3) is 0.250. The summed E-state index contributed by atoms with van der Waals surface area (Å²) < 4.78 is 59.6. The van der Waals surface area contributed by atoms with E-state index in [0.29, 0.717) is 0 Å². The molecular formula is C8H6BrF3O2S. The van der Waals surface area contributed by atoms with Crippen LogP contribution in [0.4, 0.5) is 13.2 Å². The van der Waals surface area contributed by atoms with E-state index in [4.69, 9.17) is 0 Å². The monoisotopic (exact) mass is 302 g/mol. The fourth-order valence-electron chi connectivity index (χ4n) is 1.09. The third kappa shape index (κ3) is 2.72. The van der Waals surface area contributed by atoms with E-state index in [9.17, 15) is 21.6 Å². The van der Waals surface area contributed by atoms with Crippen molar-refractivity contribution in [3.8, 4) is 0 Å². The molecule has 0 aliphatic rings. The molecule has 0 aliphatic heterocycles. The van der Waals surface area contributed by atoms with Gasteiger partial charge in [0.15, 0.2) is 9.84 Å². The third-order valence-electron chi connectivity index (χ3n) is 1.66. The summed E-state index contributed by atoms with van der Waals surface area (Å²) in [5.74, 6) is 0. The first-order valence-electron chi connectivity index (χ1n) is 3.70. The smallest absolute Gasteiger partial charge is 0.224 e. The van der Waals surface area contributed by atoms with Gasteiger partial charge in [0.1, 0.15) is 0 Å². The molecule has 0 aromatic heterocycles. The van der Waals surface area contributed by atoms with Crippen LogP contribution < -0.4 is 0 Å². The molecule has 0 saturated heterocycles. The van der Waals surface area contributed by atoms with Crippen molar-refractivity contribution in [3.63, 3.8) is 0 Å². The lowest BCUT2D eigenvalue weighted by Crippen LogP contribution is -2.13. The van der Waals surface area contributed by atoms with Gasteiger partial charge in [-0.05, 0) is 12.1 Å². The van der Waals surface area contributed by atoms with Gasteiger partial charge in [0, 0.05) is 10.7 Å². The average molecular weight is 303 g/mol. The van der Waals surface area contributed by atoms with Gasteiger partial charge >= 0.3 is 6.18 Å². The standard InChI is InChI=1S/C8H6BrF3O2S/c1-15(13,14)6-4-2-3-5(9)7(6)8(10,11)12/h2-4H,1H3. The van der Waals surface area contributed by atoms with E-state index in [0.717, 1.165) is 18.4 Å². The molecule has 84 valence electrons. The molecule has 0 atom stereocenters. The molecule has 2 nitrogen and oxygen atoms in total. The molecule has 15 heavy (non-hydrogen) atoms. The number of benzene rings is 1. The zero-order valence-electron chi connectivity index (χ0n) is 7.47. The van der Waals surface area contributed by atoms with Crippen LogP contribution in [0.25, 0.3) is 0 Å². The molecule has 7 heteroatoms.